The van der Waals surface area contributed by atoms with Gasteiger partial charge in [-0.1, -0.05) is 30.3 Å². The molecule has 1 unspecified atom stereocenters. The third kappa shape index (κ3) is 3.16. The maximum atomic E-state index is 10.6. The van der Waals surface area contributed by atoms with Crippen molar-refractivity contribution >= 4 is 11.3 Å². The Balaban J connectivity index is 1.56. The second kappa shape index (κ2) is 5.98. The van der Waals surface area contributed by atoms with E-state index in [1.54, 1.807) is 11.3 Å². The summed E-state index contributed by atoms with van der Waals surface area (Å²) in [6.07, 6.45) is 1.72. The van der Waals surface area contributed by atoms with Crippen LogP contribution >= 0.6 is 11.3 Å². The van der Waals surface area contributed by atoms with Crippen molar-refractivity contribution in [3.05, 3.63) is 57.8 Å². The summed E-state index contributed by atoms with van der Waals surface area (Å²) in [6, 6.07) is 14.0. The topological polar surface area (TPSA) is 56.0 Å². The van der Waals surface area contributed by atoms with Crippen LogP contribution < -0.4 is 5.32 Å². The second-order valence-corrected chi connectivity index (χ2v) is 6.69. The van der Waals surface area contributed by atoms with E-state index in [0.29, 0.717) is 0 Å². The highest BCUT2D eigenvalue weighted by atomic mass is 32.1. The van der Waals surface area contributed by atoms with Gasteiger partial charge in [-0.15, -0.1) is 11.3 Å². The van der Waals surface area contributed by atoms with Gasteiger partial charge in [0.2, 0.25) is 0 Å². The van der Waals surface area contributed by atoms with Gasteiger partial charge < -0.3 is 10.4 Å². The van der Waals surface area contributed by atoms with Gasteiger partial charge in [-0.3, -0.25) is 0 Å². The number of rotatable bonds is 6. The molecule has 3 rings (SSSR count). The van der Waals surface area contributed by atoms with Crippen LogP contribution in [0.25, 0.3) is 0 Å². The van der Waals surface area contributed by atoms with Crippen LogP contribution in [0.2, 0.25) is 0 Å². The lowest BCUT2D eigenvalue weighted by molar-refractivity contribution is 0.0918. The van der Waals surface area contributed by atoms with Crippen molar-refractivity contribution < 1.29 is 5.11 Å². The molecule has 0 bridgehead atoms. The standard InChI is InChI=1S/C17H18N2OS/c18-9-13-8-15(21-11-13)10-19-12-17(6-7-17)16(20)14-4-2-1-3-5-14/h1-5,8,11,16,19-20H,6-7,10,12H2. The van der Waals surface area contributed by atoms with E-state index >= 15 is 0 Å². The van der Waals surface area contributed by atoms with Crippen LogP contribution in [0.3, 0.4) is 0 Å². The minimum atomic E-state index is -0.399. The average Bonchev–Trinajstić information content (AvgIpc) is 3.18. The summed E-state index contributed by atoms with van der Waals surface area (Å²) >= 11 is 1.60. The molecule has 2 N–H and O–H groups in total. The van der Waals surface area contributed by atoms with Gasteiger partial charge in [0.15, 0.2) is 0 Å². The summed E-state index contributed by atoms with van der Waals surface area (Å²) < 4.78 is 0. The Kier molecular flexibility index (Phi) is 4.07. The van der Waals surface area contributed by atoms with E-state index in [1.165, 1.54) is 0 Å². The first-order valence-electron chi connectivity index (χ1n) is 7.15. The molecule has 1 atom stereocenters. The quantitative estimate of drug-likeness (QED) is 0.861. The predicted molar refractivity (Wildman–Crippen MR) is 83.8 cm³/mol. The summed E-state index contributed by atoms with van der Waals surface area (Å²) in [7, 11) is 0. The SMILES string of the molecule is N#Cc1csc(CNCC2(C(O)c3ccccc3)CC2)c1. The molecule has 1 aromatic heterocycles. The average molecular weight is 298 g/mol. The van der Waals surface area contributed by atoms with E-state index in [1.807, 2.05) is 41.8 Å². The van der Waals surface area contributed by atoms with Crippen molar-refractivity contribution in [2.45, 2.75) is 25.5 Å². The molecule has 1 aromatic carbocycles. The lowest BCUT2D eigenvalue weighted by Crippen LogP contribution is -2.28. The largest absolute Gasteiger partial charge is 0.388 e. The fourth-order valence-corrected chi connectivity index (χ4v) is 3.44. The fraction of sp³-hybridized carbons (Fsp3) is 0.353. The van der Waals surface area contributed by atoms with E-state index in [4.69, 9.17) is 5.26 Å². The van der Waals surface area contributed by atoms with E-state index in [0.717, 1.165) is 41.9 Å². The number of nitrogens with one attached hydrogen (secondary N) is 1. The molecule has 4 heteroatoms. The Hall–Kier alpha value is -1.67. The molecule has 2 aromatic rings. The molecule has 1 saturated carbocycles. The molecular formula is C17H18N2OS. The van der Waals surface area contributed by atoms with E-state index in [2.05, 4.69) is 11.4 Å². The number of nitrogens with zero attached hydrogens (tertiary/aromatic N) is 1. The van der Waals surface area contributed by atoms with E-state index in [9.17, 15) is 5.11 Å². The van der Waals surface area contributed by atoms with Crippen molar-refractivity contribution in [3.63, 3.8) is 0 Å². The fourth-order valence-electron chi connectivity index (χ4n) is 2.66. The summed E-state index contributed by atoms with van der Waals surface area (Å²) in [4.78, 5) is 1.16. The number of aliphatic hydroxyl groups is 1. The van der Waals surface area contributed by atoms with Crippen molar-refractivity contribution in [1.82, 2.24) is 5.32 Å². The highest BCUT2D eigenvalue weighted by molar-refractivity contribution is 7.10. The molecule has 1 heterocycles. The molecule has 1 aliphatic carbocycles. The zero-order valence-corrected chi connectivity index (χ0v) is 12.6. The first-order chi connectivity index (χ1) is 10.2. The number of benzene rings is 1. The zero-order valence-electron chi connectivity index (χ0n) is 11.7. The smallest absolute Gasteiger partial charge is 0.100 e. The molecule has 0 saturated heterocycles. The molecule has 0 radical (unpaired) electrons. The highest BCUT2D eigenvalue weighted by Gasteiger charge is 2.48. The second-order valence-electron chi connectivity index (χ2n) is 5.69. The number of aliphatic hydroxyl groups excluding tert-OH is 1. The lowest BCUT2D eigenvalue weighted by atomic mass is 9.93. The van der Waals surface area contributed by atoms with Crippen molar-refractivity contribution in [3.8, 4) is 6.07 Å². The van der Waals surface area contributed by atoms with Gasteiger partial charge in [0.1, 0.15) is 6.07 Å². The van der Waals surface area contributed by atoms with Gasteiger partial charge >= 0.3 is 0 Å². The van der Waals surface area contributed by atoms with Crippen molar-refractivity contribution in [1.29, 1.82) is 5.26 Å². The Morgan fingerprint density at radius 1 is 1.33 bits per heavy atom. The van der Waals surface area contributed by atoms with Crippen LogP contribution in [0.1, 0.15) is 34.9 Å². The van der Waals surface area contributed by atoms with E-state index in [-0.39, 0.29) is 5.41 Å². The number of hydrogen-bond donors (Lipinski definition) is 2. The molecule has 1 aliphatic rings. The molecular weight excluding hydrogens is 280 g/mol. The Bertz CT molecular complexity index is 640. The van der Waals surface area contributed by atoms with Crippen molar-refractivity contribution in [2.24, 2.45) is 5.41 Å². The molecule has 0 aliphatic heterocycles. The third-order valence-corrected chi connectivity index (χ3v) is 5.08. The summed E-state index contributed by atoms with van der Waals surface area (Å²) in [5.41, 5.74) is 1.71. The molecule has 21 heavy (non-hydrogen) atoms. The zero-order chi connectivity index (χ0) is 14.7. The summed E-state index contributed by atoms with van der Waals surface area (Å²) in [6.45, 7) is 1.57. The first kappa shape index (κ1) is 14.3. The molecule has 0 amide bonds. The first-order valence-corrected chi connectivity index (χ1v) is 8.03. The van der Waals surface area contributed by atoms with Gasteiger partial charge in [-0.2, -0.15) is 5.26 Å². The maximum Gasteiger partial charge on any atom is 0.100 e. The normalized spacial score (nSPS) is 17.1. The van der Waals surface area contributed by atoms with Crippen molar-refractivity contribution in [2.75, 3.05) is 6.54 Å². The Morgan fingerprint density at radius 3 is 2.71 bits per heavy atom. The lowest BCUT2D eigenvalue weighted by Gasteiger charge is -2.23. The molecule has 3 nitrogen and oxygen atoms in total. The van der Waals surface area contributed by atoms with Crippen LogP contribution in [0.4, 0.5) is 0 Å². The third-order valence-electron chi connectivity index (χ3n) is 4.15. The molecule has 108 valence electrons. The summed E-state index contributed by atoms with van der Waals surface area (Å²) in [5, 5.41) is 24.7. The molecule has 1 fully saturated rings. The van der Waals surface area contributed by atoms with Crippen LogP contribution in [0, 0.1) is 16.7 Å². The van der Waals surface area contributed by atoms with Gasteiger partial charge in [0, 0.05) is 28.8 Å². The Morgan fingerprint density at radius 2 is 2.10 bits per heavy atom. The van der Waals surface area contributed by atoms with E-state index < -0.39 is 6.10 Å². The molecule has 0 spiro atoms. The maximum absolute atomic E-state index is 10.6. The van der Waals surface area contributed by atoms with Gasteiger partial charge in [0.25, 0.3) is 0 Å². The Labute approximate surface area is 128 Å². The number of thiophene rings is 1. The number of nitriles is 1. The monoisotopic (exact) mass is 298 g/mol. The number of hydrogen-bond acceptors (Lipinski definition) is 4. The summed E-state index contributed by atoms with van der Waals surface area (Å²) in [5.74, 6) is 0. The minimum absolute atomic E-state index is 0.0172. The van der Waals surface area contributed by atoms with Gasteiger partial charge in [0.05, 0.1) is 11.7 Å². The van der Waals surface area contributed by atoms with Crippen LogP contribution in [-0.2, 0) is 6.54 Å². The highest BCUT2D eigenvalue weighted by Crippen LogP contribution is 2.54. The predicted octanol–water partition coefficient (Wildman–Crippen LogP) is 3.22. The van der Waals surface area contributed by atoms with Gasteiger partial charge in [-0.05, 0) is 24.5 Å². The van der Waals surface area contributed by atoms with Crippen LogP contribution in [0.15, 0.2) is 41.8 Å². The minimum Gasteiger partial charge on any atom is -0.388 e. The van der Waals surface area contributed by atoms with Gasteiger partial charge in [-0.25, -0.2) is 0 Å². The van der Waals surface area contributed by atoms with Crippen LogP contribution in [0.5, 0.6) is 0 Å². The van der Waals surface area contributed by atoms with Crippen LogP contribution in [-0.4, -0.2) is 11.7 Å².